The minimum absolute atomic E-state index is 0.159. The number of aromatic nitrogens is 4. The predicted molar refractivity (Wildman–Crippen MR) is 52.1 cm³/mol. The number of nitrogens with two attached hydrogens (primary N) is 1. The molecule has 2 rings (SSSR count). The van der Waals surface area contributed by atoms with Gasteiger partial charge >= 0.3 is 0 Å². The number of nitrogens with zero attached hydrogens (tertiary/aromatic N) is 3. The van der Waals surface area contributed by atoms with Crippen molar-refractivity contribution in [1.29, 1.82) is 0 Å². The van der Waals surface area contributed by atoms with Gasteiger partial charge < -0.3 is 16.0 Å². The summed E-state index contributed by atoms with van der Waals surface area (Å²) in [7, 11) is 0. The number of nitrogens with one attached hydrogen (secondary N) is 2. The lowest BCUT2D eigenvalue weighted by Gasteiger charge is -1.95. The van der Waals surface area contributed by atoms with Crippen molar-refractivity contribution in [3.8, 4) is 0 Å². The van der Waals surface area contributed by atoms with E-state index in [4.69, 9.17) is 5.73 Å². The molecule has 0 amide bonds. The summed E-state index contributed by atoms with van der Waals surface area (Å²) in [6, 6.07) is 0. The van der Waals surface area contributed by atoms with Crippen molar-refractivity contribution in [2.75, 3.05) is 5.32 Å². The molecule has 0 fully saturated rings. The molecule has 0 saturated carbocycles. The maximum absolute atomic E-state index is 5.27. The number of aromatic amines is 1. The molecule has 13 heavy (non-hydrogen) atoms. The fourth-order valence-corrected chi connectivity index (χ4v) is 1.03. The molecule has 0 bridgehead atoms. The van der Waals surface area contributed by atoms with Crippen LogP contribution in [0.3, 0.4) is 0 Å². The van der Waals surface area contributed by atoms with Crippen molar-refractivity contribution in [3.63, 3.8) is 0 Å². The Hall–Kier alpha value is -1.76. The quantitative estimate of drug-likeness (QED) is 0.554. The van der Waals surface area contributed by atoms with Crippen LogP contribution in [0.5, 0.6) is 0 Å². The van der Waals surface area contributed by atoms with Gasteiger partial charge in [0.15, 0.2) is 10.8 Å². The second kappa shape index (κ2) is 2.94. The average Bonchev–Trinajstić information content (AvgIpc) is 2.44. The molecule has 7 heteroatoms. The first-order chi connectivity index (χ1) is 6.25. The van der Waals surface area contributed by atoms with Crippen molar-refractivity contribution in [2.45, 2.75) is 0 Å². The zero-order valence-electron chi connectivity index (χ0n) is 6.48. The van der Waals surface area contributed by atoms with Crippen LogP contribution in [0.25, 0.3) is 11.2 Å². The summed E-state index contributed by atoms with van der Waals surface area (Å²) >= 11 is 4.65. The summed E-state index contributed by atoms with van der Waals surface area (Å²) in [4.78, 5) is 14.7. The smallest absolute Gasteiger partial charge is 0.209 e. The Bertz CT molecular complexity index is 416. The zero-order chi connectivity index (χ0) is 9.26. The van der Waals surface area contributed by atoms with E-state index in [1.54, 1.807) is 6.20 Å². The first kappa shape index (κ1) is 7.87. The van der Waals surface area contributed by atoms with Gasteiger partial charge in [0.1, 0.15) is 11.8 Å². The van der Waals surface area contributed by atoms with E-state index in [1.807, 2.05) is 0 Å². The number of thiocarbonyl (C=S) groups is 1. The average molecular weight is 194 g/mol. The molecule has 2 heterocycles. The monoisotopic (exact) mass is 194 g/mol. The highest BCUT2D eigenvalue weighted by Crippen LogP contribution is 2.08. The van der Waals surface area contributed by atoms with Gasteiger partial charge in [0, 0.05) is 0 Å². The molecular formula is C6H6N6S. The van der Waals surface area contributed by atoms with Crippen LogP contribution in [-0.4, -0.2) is 25.0 Å². The molecule has 0 aromatic carbocycles. The Labute approximate surface area is 78.6 Å². The zero-order valence-corrected chi connectivity index (χ0v) is 7.30. The van der Waals surface area contributed by atoms with Gasteiger partial charge in [0.25, 0.3) is 0 Å². The maximum Gasteiger partial charge on any atom is 0.209 e. The van der Waals surface area contributed by atoms with Crippen LogP contribution in [0.2, 0.25) is 0 Å². The highest BCUT2D eigenvalue weighted by molar-refractivity contribution is 7.80. The van der Waals surface area contributed by atoms with Crippen molar-refractivity contribution in [1.82, 2.24) is 19.9 Å². The van der Waals surface area contributed by atoms with Gasteiger partial charge in [-0.15, -0.1) is 0 Å². The van der Waals surface area contributed by atoms with Gasteiger partial charge in [-0.25, -0.2) is 9.97 Å². The fourth-order valence-electron chi connectivity index (χ4n) is 0.938. The van der Waals surface area contributed by atoms with Crippen molar-refractivity contribution < 1.29 is 0 Å². The molecule has 2 aromatic rings. The highest BCUT2D eigenvalue weighted by atomic mass is 32.1. The van der Waals surface area contributed by atoms with E-state index in [-0.39, 0.29) is 5.11 Å². The SMILES string of the molecule is NC(=S)Nc1nc2ncncc2[nH]1. The van der Waals surface area contributed by atoms with Gasteiger partial charge in [-0.1, -0.05) is 0 Å². The Balaban J connectivity index is 2.44. The summed E-state index contributed by atoms with van der Waals surface area (Å²) in [5, 5.41) is 2.83. The molecule has 0 spiro atoms. The van der Waals surface area contributed by atoms with Crippen molar-refractivity contribution >= 4 is 34.4 Å². The van der Waals surface area contributed by atoms with Crippen LogP contribution in [0.4, 0.5) is 5.95 Å². The van der Waals surface area contributed by atoms with Gasteiger partial charge in [0.05, 0.1) is 6.20 Å². The van der Waals surface area contributed by atoms with E-state index >= 15 is 0 Å². The number of anilines is 1. The molecule has 66 valence electrons. The molecule has 4 N–H and O–H groups in total. The maximum atomic E-state index is 5.27. The standard InChI is InChI=1S/C6H6N6S/c7-5(13)12-6-10-3-1-8-2-9-4(3)11-6/h1-2H,(H4,7,8,9,10,11,12,13). The predicted octanol–water partition coefficient (Wildman–Crippen LogP) is 0.00840. The molecule has 0 aliphatic heterocycles. The Morgan fingerprint density at radius 1 is 1.62 bits per heavy atom. The normalized spacial score (nSPS) is 10.2. The number of hydrogen-bond donors (Lipinski definition) is 3. The lowest BCUT2D eigenvalue weighted by Crippen LogP contribution is -2.19. The third-order valence-corrected chi connectivity index (χ3v) is 1.51. The first-order valence-corrected chi connectivity index (χ1v) is 3.89. The molecule has 0 aliphatic rings. The molecule has 6 nitrogen and oxygen atoms in total. The summed E-state index contributed by atoms with van der Waals surface area (Å²) < 4.78 is 0. The van der Waals surface area contributed by atoms with Gasteiger partial charge in [-0.2, -0.15) is 4.98 Å². The van der Waals surface area contributed by atoms with Crippen LogP contribution in [0.1, 0.15) is 0 Å². The highest BCUT2D eigenvalue weighted by Gasteiger charge is 2.02. The summed E-state index contributed by atoms with van der Waals surface area (Å²) in [5.41, 5.74) is 6.59. The minimum atomic E-state index is 0.159. The topological polar surface area (TPSA) is 92.5 Å². The Morgan fingerprint density at radius 2 is 2.46 bits per heavy atom. The number of imidazole rings is 1. The molecule has 2 aromatic heterocycles. The van der Waals surface area contributed by atoms with Gasteiger partial charge in [-0.3, -0.25) is 0 Å². The van der Waals surface area contributed by atoms with Crippen LogP contribution in [0, 0.1) is 0 Å². The lowest BCUT2D eigenvalue weighted by atomic mass is 10.6. The van der Waals surface area contributed by atoms with E-state index in [0.29, 0.717) is 11.6 Å². The first-order valence-electron chi connectivity index (χ1n) is 3.48. The van der Waals surface area contributed by atoms with Crippen LogP contribution in [-0.2, 0) is 0 Å². The molecule has 0 radical (unpaired) electrons. The van der Waals surface area contributed by atoms with Crippen LogP contribution in [0.15, 0.2) is 12.5 Å². The number of fused-ring (bicyclic) bond motifs is 1. The Morgan fingerprint density at radius 3 is 3.15 bits per heavy atom. The summed E-state index contributed by atoms with van der Waals surface area (Å²) in [6.07, 6.45) is 3.05. The fraction of sp³-hybridized carbons (Fsp3) is 0. The Kier molecular flexibility index (Phi) is 1.78. The van der Waals surface area contributed by atoms with E-state index in [1.165, 1.54) is 6.33 Å². The van der Waals surface area contributed by atoms with E-state index in [2.05, 4.69) is 37.5 Å². The number of rotatable bonds is 1. The number of hydrogen-bond acceptors (Lipinski definition) is 4. The van der Waals surface area contributed by atoms with E-state index in [0.717, 1.165) is 5.52 Å². The van der Waals surface area contributed by atoms with Crippen molar-refractivity contribution in [3.05, 3.63) is 12.5 Å². The molecule has 0 atom stereocenters. The summed E-state index contributed by atoms with van der Waals surface area (Å²) in [5.74, 6) is 0.475. The molecule has 0 unspecified atom stereocenters. The molecule has 0 saturated heterocycles. The third-order valence-electron chi connectivity index (χ3n) is 1.40. The van der Waals surface area contributed by atoms with Crippen molar-refractivity contribution in [2.24, 2.45) is 5.73 Å². The largest absolute Gasteiger partial charge is 0.376 e. The van der Waals surface area contributed by atoms with Gasteiger partial charge in [0.2, 0.25) is 5.95 Å². The van der Waals surface area contributed by atoms with Crippen LogP contribution < -0.4 is 11.1 Å². The second-order valence-electron chi connectivity index (χ2n) is 2.33. The second-order valence-corrected chi connectivity index (χ2v) is 2.77. The minimum Gasteiger partial charge on any atom is -0.376 e. The third kappa shape index (κ3) is 1.54. The van der Waals surface area contributed by atoms with E-state index in [9.17, 15) is 0 Å². The number of H-pyrrole nitrogens is 1. The lowest BCUT2D eigenvalue weighted by molar-refractivity contribution is 1.20. The molecular weight excluding hydrogens is 188 g/mol. The summed E-state index contributed by atoms with van der Waals surface area (Å²) in [6.45, 7) is 0. The van der Waals surface area contributed by atoms with E-state index < -0.39 is 0 Å². The van der Waals surface area contributed by atoms with Gasteiger partial charge in [-0.05, 0) is 12.2 Å². The molecule has 0 aliphatic carbocycles. The van der Waals surface area contributed by atoms with Crippen LogP contribution >= 0.6 is 12.2 Å².